The minimum Gasteiger partial charge on any atom is -0.339 e. The molecule has 0 bridgehead atoms. The minimum absolute atomic E-state index is 0.0506. The molecular formula is C24H31N3O2S2. The van der Waals surface area contributed by atoms with Crippen molar-refractivity contribution in [1.82, 2.24) is 14.5 Å². The van der Waals surface area contributed by atoms with E-state index in [2.05, 4.69) is 26.0 Å². The van der Waals surface area contributed by atoms with Gasteiger partial charge in [0.05, 0.1) is 16.3 Å². The molecular weight excluding hydrogens is 426 g/mol. The van der Waals surface area contributed by atoms with Gasteiger partial charge in [-0.05, 0) is 37.7 Å². The van der Waals surface area contributed by atoms with Gasteiger partial charge in [-0.15, -0.1) is 11.8 Å². The number of nitrogens with zero attached hydrogens (tertiary/aromatic N) is 3. The Morgan fingerprint density at radius 2 is 2.06 bits per heavy atom. The van der Waals surface area contributed by atoms with Crippen molar-refractivity contribution in [1.29, 1.82) is 0 Å². The Morgan fingerprint density at radius 1 is 1.26 bits per heavy atom. The summed E-state index contributed by atoms with van der Waals surface area (Å²) in [5.41, 5.74) is 2.15. The fraction of sp³-hybridized carbons (Fsp3) is 0.542. The monoisotopic (exact) mass is 457 g/mol. The van der Waals surface area contributed by atoms with Gasteiger partial charge in [0, 0.05) is 30.8 Å². The lowest BCUT2D eigenvalue weighted by atomic mass is 10.0. The largest absolute Gasteiger partial charge is 0.339 e. The molecule has 166 valence electrons. The number of benzene rings is 1. The fourth-order valence-electron chi connectivity index (χ4n) is 4.49. The van der Waals surface area contributed by atoms with Gasteiger partial charge in [-0.1, -0.05) is 55.9 Å². The van der Waals surface area contributed by atoms with E-state index in [0.717, 1.165) is 49.2 Å². The first kappa shape index (κ1) is 22.5. The molecule has 1 amide bonds. The highest BCUT2D eigenvalue weighted by Gasteiger charge is 2.28. The molecule has 0 spiro atoms. The van der Waals surface area contributed by atoms with E-state index >= 15 is 0 Å². The van der Waals surface area contributed by atoms with Crippen LogP contribution < -0.4 is 5.56 Å². The average Bonchev–Trinajstić information content (AvgIpc) is 3.18. The second kappa shape index (κ2) is 10.3. The van der Waals surface area contributed by atoms with Gasteiger partial charge >= 0.3 is 0 Å². The second-order valence-electron chi connectivity index (χ2n) is 8.43. The summed E-state index contributed by atoms with van der Waals surface area (Å²) in [5, 5.41) is 1.06. The third kappa shape index (κ3) is 5.20. The molecule has 2 unspecified atom stereocenters. The van der Waals surface area contributed by atoms with Crippen molar-refractivity contribution >= 4 is 29.4 Å². The summed E-state index contributed by atoms with van der Waals surface area (Å²) in [6, 6.07) is 10.6. The maximum Gasteiger partial charge on any atom is 0.268 e. The third-order valence-corrected chi connectivity index (χ3v) is 8.35. The van der Waals surface area contributed by atoms with Crippen LogP contribution in [0.1, 0.15) is 50.8 Å². The topological polar surface area (TPSA) is 55.2 Å². The molecule has 4 rings (SSSR count). The lowest BCUT2D eigenvalue weighted by Gasteiger charge is -2.35. The first-order valence-electron chi connectivity index (χ1n) is 11.3. The van der Waals surface area contributed by atoms with Crippen molar-refractivity contribution in [3.05, 3.63) is 51.9 Å². The van der Waals surface area contributed by atoms with Gasteiger partial charge in [-0.2, -0.15) is 0 Å². The van der Waals surface area contributed by atoms with Gasteiger partial charge in [0.1, 0.15) is 0 Å². The second-order valence-corrected chi connectivity index (χ2v) is 10.8. The molecule has 2 atom stereocenters. The Kier molecular flexibility index (Phi) is 7.43. The van der Waals surface area contributed by atoms with E-state index in [-0.39, 0.29) is 11.5 Å². The molecule has 0 radical (unpaired) electrons. The van der Waals surface area contributed by atoms with Gasteiger partial charge in [0.25, 0.3) is 5.56 Å². The number of fused-ring (bicyclic) bond motifs is 1. The lowest BCUT2D eigenvalue weighted by molar-refractivity contribution is -0.132. The van der Waals surface area contributed by atoms with E-state index in [1.54, 1.807) is 16.3 Å². The number of hydrogen-bond donors (Lipinski definition) is 0. The highest BCUT2D eigenvalue weighted by molar-refractivity contribution is 8.00. The molecule has 0 N–H and O–H groups in total. The summed E-state index contributed by atoms with van der Waals surface area (Å²) in [4.78, 5) is 34.0. The molecule has 7 heteroatoms. The predicted octanol–water partition coefficient (Wildman–Crippen LogP) is 4.41. The van der Waals surface area contributed by atoms with Crippen molar-refractivity contribution in [2.75, 3.05) is 12.3 Å². The predicted molar refractivity (Wildman–Crippen MR) is 128 cm³/mol. The molecule has 5 nitrogen and oxygen atoms in total. The molecule has 0 saturated carbocycles. The van der Waals surface area contributed by atoms with Crippen LogP contribution in [0.25, 0.3) is 0 Å². The number of carbonyl (C=O) groups excluding carboxylic acids is 1. The summed E-state index contributed by atoms with van der Waals surface area (Å²) in [5.74, 6) is 0.513. The zero-order valence-electron chi connectivity index (χ0n) is 18.4. The van der Waals surface area contributed by atoms with Crippen LogP contribution in [0.3, 0.4) is 0 Å². The maximum atomic E-state index is 13.3. The van der Waals surface area contributed by atoms with Gasteiger partial charge in [0.2, 0.25) is 5.91 Å². The third-order valence-electron chi connectivity index (χ3n) is 6.17. The normalized spacial score (nSPS) is 20.6. The molecule has 2 aliphatic rings. The highest BCUT2D eigenvalue weighted by Crippen LogP contribution is 2.34. The Morgan fingerprint density at radius 3 is 2.84 bits per heavy atom. The van der Waals surface area contributed by atoms with Crippen LogP contribution in [0.2, 0.25) is 0 Å². The first-order chi connectivity index (χ1) is 15.1. The quantitative estimate of drug-likeness (QED) is 0.455. The van der Waals surface area contributed by atoms with Crippen LogP contribution in [0.4, 0.5) is 0 Å². The van der Waals surface area contributed by atoms with Crippen molar-refractivity contribution in [2.24, 2.45) is 0 Å². The lowest BCUT2D eigenvalue weighted by Crippen LogP contribution is -2.44. The molecule has 1 aromatic carbocycles. The molecule has 0 aliphatic carbocycles. The van der Waals surface area contributed by atoms with E-state index in [4.69, 9.17) is 4.98 Å². The maximum absolute atomic E-state index is 13.3. The average molecular weight is 458 g/mol. The Balaban J connectivity index is 1.54. The zero-order chi connectivity index (χ0) is 21.8. The molecule has 1 aromatic heterocycles. The Labute approximate surface area is 193 Å². The van der Waals surface area contributed by atoms with E-state index < -0.39 is 0 Å². The van der Waals surface area contributed by atoms with Gasteiger partial charge in [-0.25, -0.2) is 4.98 Å². The van der Waals surface area contributed by atoms with Crippen molar-refractivity contribution in [2.45, 2.75) is 80.3 Å². The smallest absolute Gasteiger partial charge is 0.268 e. The van der Waals surface area contributed by atoms with Crippen molar-refractivity contribution in [3.8, 4) is 0 Å². The van der Waals surface area contributed by atoms with E-state index in [0.29, 0.717) is 28.7 Å². The van der Waals surface area contributed by atoms with E-state index in [1.165, 1.54) is 23.7 Å². The number of amides is 1. The molecule has 31 heavy (non-hydrogen) atoms. The van der Waals surface area contributed by atoms with Crippen LogP contribution >= 0.6 is 23.5 Å². The number of hydrogen-bond acceptors (Lipinski definition) is 5. The number of piperidine rings is 1. The summed E-state index contributed by atoms with van der Waals surface area (Å²) in [6.07, 6.45) is 5.98. The number of rotatable bonds is 7. The van der Waals surface area contributed by atoms with E-state index in [9.17, 15) is 9.59 Å². The molecule has 2 aromatic rings. The number of aryl methyl sites for hydroxylation is 1. The Hall–Kier alpha value is -1.73. The summed E-state index contributed by atoms with van der Waals surface area (Å²) in [7, 11) is 0. The molecule has 1 saturated heterocycles. The van der Waals surface area contributed by atoms with Gasteiger partial charge in [-0.3, -0.25) is 14.2 Å². The number of carbonyl (C=O) groups is 1. The van der Waals surface area contributed by atoms with Crippen LogP contribution in [0.5, 0.6) is 0 Å². The highest BCUT2D eigenvalue weighted by atomic mass is 32.2. The minimum atomic E-state index is 0.0506. The van der Waals surface area contributed by atoms with Crippen LogP contribution in [0, 0.1) is 0 Å². The number of thioether (sulfide) groups is 2. The Bertz CT molecular complexity index is 977. The SMILES string of the molecule is CCC1CCCCN1C(=O)CSc1nc2c(c(=O)n1CCc1ccccc1)SC(C)C2. The zero-order valence-corrected chi connectivity index (χ0v) is 20.0. The number of likely N-dealkylation sites (tertiary alicyclic amines) is 1. The van der Waals surface area contributed by atoms with Crippen LogP contribution in [0.15, 0.2) is 45.2 Å². The van der Waals surface area contributed by atoms with Crippen LogP contribution in [-0.4, -0.2) is 43.9 Å². The van der Waals surface area contributed by atoms with Gasteiger partial charge < -0.3 is 4.90 Å². The summed E-state index contributed by atoms with van der Waals surface area (Å²) < 4.78 is 1.79. The molecule has 3 heterocycles. The van der Waals surface area contributed by atoms with Crippen LogP contribution in [-0.2, 0) is 24.2 Å². The summed E-state index contributed by atoms with van der Waals surface area (Å²) >= 11 is 3.06. The standard InChI is InChI=1S/C24H31N3O2S2/c1-3-19-11-7-8-13-26(19)21(28)16-30-24-25-20-15-17(2)31-22(20)23(29)27(24)14-12-18-9-5-4-6-10-18/h4-6,9-10,17,19H,3,7-8,11-16H2,1-2H3. The molecule has 1 fully saturated rings. The van der Waals surface area contributed by atoms with E-state index in [1.807, 2.05) is 23.1 Å². The first-order valence-corrected chi connectivity index (χ1v) is 13.2. The number of aromatic nitrogens is 2. The molecule has 2 aliphatic heterocycles. The fourth-order valence-corrected chi connectivity index (χ4v) is 6.53. The van der Waals surface area contributed by atoms with Gasteiger partial charge in [0.15, 0.2) is 5.16 Å². The van der Waals surface area contributed by atoms with Crippen molar-refractivity contribution in [3.63, 3.8) is 0 Å². The van der Waals surface area contributed by atoms with Crippen molar-refractivity contribution < 1.29 is 4.79 Å². The summed E-state index contributed by atoms with van der Waals surface area (Å²) in [6.45, 7) is 5.73.